The van der Waals surface area contributed by atoms with Gasteiger partial charge in [0.2, 0.25) is 11.8 Å². The summed E-state index contributed by atoms with van der Waals surface area (Å²) in [5, 5.41) is 13.9. The standard InChI is InChI=1S/C19H20N4O4/c1-20-17(25)8-7-14-5-4-6-15(11-14)23-19(26)16-12-22-18(13-21-16)27-10-3-2-9-24/h4-6,11-13,24H,7-10H2,1H3,(H,20,25)(H,23,26). The van der Waals surface area contributed by atoms with Crippen molar-refractivity contribution >= 4 is 17.5 Å². The van der Waals surface area contributed by atoms with Crippen molar-refractivity contribution < 1.29 is 19.4 Å². The number of hydrogen-bond acceptors (Lipinski definition) is 6. The van der Waals surface area contributed by atoms with Crippen LogP contribution in [-0.2, 0) is 11.2 Å². The van der Waals surface area contributed by atoms with Crippen molar-refractivity contribution in [1.82, 2.24) is 15.3 Å². The van der Waals surface area contributed by atoms with Crippen LogP contribution in [-0.4, -0.2) is 47.2 Å². The SMILES string of the molecule is CNC(=O)CCc1cccc(NC(=O)c2cnc(OCC#CCO)cn2)c1. The number of aryl methyl sites for hydroxylation is 1. The number of amides is 2. The zero-order chi connectivity index (χ0) is 19.5. The van der Waals surface area contributed by atoms with E-state index in [0.29, 0.717) is 18.5 Å². The lowest BCUT2D eigenvalue weighted by molar-refractivity contribution is -0.120. The van der Waals surface area contributed by atoms with E-state index < -0.39 is 5.91 Å². The molecule has 27 heavy (non-hydrogen) atoms. The second-order valence-corrected chi connectivity index (χ2v) is 5.37. The summed E-state index contributed by atoms with van der Waals surface area (Å²) in [6, 6.07) is 7.27. The van der Waals surface area contributed by atoms with Gasteiger partial charge in [0.05, 0.1) is 12.4 Å². The largest absolute Gasteiger partial charge is 0.463 e. The van der Waals surface area contributed by atoms with Crippen LogP contribution in [0.5, 0.6) is 5.88 Å². The number of aromatic nitrogens is 2. The van der Waals surface area contributed by atoms with Gasteiger partial charge in [-0.1, -0.05) is 24.0 Å². The van der Waals surface area contributed by atoms with Crippen LogP contribution in [0.15, 0.2) is 36.7 Å². The Morgan fingerprint density at radius 1 is 1.22 bits per heavy atom. The van der Waals surface area contributed by atoms with Crippen LogP contribution in [0.25, 0.3) is 0 Å². The van der Waals surface area contributed by atoms with Crippen LogP contribution < -0.4 is 15.4 Å². The lowest BCUT2D eigenvalue weighted by atomic mass is 10.1. The third-order valence-corrected chi connectivity index (χ3v) is 3.46. The molecular formula is C19H20N4O4. The van der Waals surface area contributed by atoms with E-state index in [1.807, 2.05) is 18.2 Å². The maximum Gasteiger partial charge on any atom is 0.275 e. The molecule has 2 amide bonds. The van der Waals surface area contributed by atoms with Crippen LogP contribution in [0, 0.1) is 11.8 Å². The topological polar surface area (TPSA) is 113 Å². The van der Waals surface area contributed by atoms with E-state index in [1.54, 1.807) is 13.1 Å². The normalized spacial score (nSPS) is 9.70. The number of hydrogen-bond donors (Lipinski definition) is 3. The monoisotopic (exact) mass is 368 g/mol. The fourth-order valence-corrected chi connectivity index (χ4v) is 2.11. The van der Waals surface area contributed by atoms with E-state index in [-0.39, 0.29) is 30.7 Å². The van der Waals surface area contributed by atoms with E-state index in [9.17, 15) is 9.59 Å². The zero-order valence-electron chi connectivity index (χ0n) is 14.9. The Balaban J connectivity index is 1.93. The second kappa shape index (κ2) is 10.5. The van der Waals surface area contributed by atoms with Crippen molar-refractivity contribution in [1.29, 1.82) is 0 Å². The summed E-state index contributed by atoms with van der Waals surface area (Å²) in [5.41, 5.74) is 1.69. The van der Waals surface area contributed by atoms with Gasteiger partial charge in [0.1, 0.15) is 12.3 Å². The summed E-state index contributed by atoms with van der Waals surface area (Å²) in [7, 11) is 1.60. The molecule has 0 saturated heterocycles. The molecule has 0 spiro atoms. The minimum atomic E-state index is -0.405. The molecule has 0 saturated carbocycles. The lowest BCUT2D eigenvalue weighted by Gasteiger charge is -2.07. The molecule has 2 aromatic rings. The van der Waals surface area contributed by atoms with Gasteiger partial charge in [-0.25, -0.2) is 9.97 Å². The Morgan fingerprint density at radius 3 is 2.78 bits per heavy atom. The van der Waals surface area contributed by atoms with Crippen LogP contribution in [0.3, 0.4) is 0 Å². The Hall–Kier alpha value is -3.44. The number of nitrogens with zero attached hydrogens (tertiary/aromatic N) is 2. The first kappa shape index (κ1) is 19.9. The van der Waals surface area contributed by atoms with Gasteiger partial charge in [-0.3, -0.25) is 9.59 Å². The molecule has 0 aliphatic heterocycles. The van der Waals surface area contributed by atoms with Crippen LogP contribution in [0.1, 0.15) is 22.5 Å². The highest BCUT2D eigenvalue weighted by molar-refractivity contribution is 6.02. The van der Waals surface area contributed by atoms with E-state index in [2.05, 4.69) is 32.4 Å². The average molecular weight is 368 g/mol. The summed E-state index contributed by atoms with van der Waals surface area (Å²) >= 11 is 0. The van der Waals surface area contributed by atoms with Gasteiger partial charge in [-0.15, -0.1) is 0 Å². The molecule has 1 heterocycles. The number of nitrogens with one attached hydrogen (secondary N) is 2. The highest BCUT2D eigenvalue weighted by atomic mass is 16.5. The Bertz CT molecular complexity index is 841. The number of carbonyl (C=O) groups is 2. The summed E-state index contributed by atoms with van der Waals surface area (Å²) in [4.78, 5) is 31.6. The van der Waals surface area contributed by atoms with Crippen molar-refractivity contribution in [3.63, 3.8) is 0 Å². The van der Waals surface area contributed by atoms with Crippen LogP contribution in [0.4, 0.5) is 5.69 Å². The van der Waals surface area contributed by atoms with Gasteiger partial charge in [-0.2, -0.15) is 0 Å². The smallest absolute Gasteiger partial charge is 0.275 e. The second-order valence-electron chi connectivity index (χ2n) is 5.37. The molecule has 0 atom stereocenters. The van der Waals surface area contributed by atoms with Gasteiger partial charge >= 0.3 is 0 Å². The third-order valence-electron chi connectivity index (χ3n) is 3.46. The van der Waals surface area contributed by atoms with Gasteiger partial charge in [0.25, 0.3) is 5.91 Å². The fourth-order valence-electron chi connectivity index (χ4n) is 2.11. The summed E-state index contributed by atoms with van der Waals surface area (Å²) in [6.07, 6.45) is 3.59. The van der Waals surface area contributed by atoms with Crippen LogP contribution in [0.2, 0.25) is 0 Å². The van der Waals surface area contributed by atoms with Crippen molar-refractivity contribution in [2.75, 3.05) is 25.6 Å². The summed E-state index contributed by atoms with van der Waals surface area (Å²) in [5.74, 6) is 4.82. The molecule has 1 aromatic carbocycles. The minimum absolute atomic E-state index is 0.0376. The number of rotatable bonds is 7. The highest BCUT2D eigenvalue weighted by Crippen LogP contribution is 2.14. The molecule has 0 radical (unpaired) electrons. The molecule has 0 bridgehead atoms. The molecule has 0 aliphatic carbocycles. The summed E-state index contributed by atoms with van der Waals surface area (Å²) < 4.78 is 5.21. The first-order valence-corrected chi connectivity index (χ1v) is 8.24. The number of carbonyl (C=O) groups excluding carboxylic acids is 2. The van der Waals surface area contributed by atoms with Crippen molar-refractivity contribution in [3.8, 4) is 17.7 Å². The van der Waals surface area contributed by atoms with Crippen molar-refractivity contribution in [2.24, 2.45) is 0 Å². The number of aliphatic hydroxyl groups is 1. The predicted molar refractivity (Wildman–Crippen MR) is 99.2 cm³/mol. The third kappa shape index (κ3) is 6.76. The number of benzene rings is 1. The Morgan fingerprint density at radius 2 is 2.07 bits per heavy atom. The molecule has 2 rings (SSSR count). The highest BCUT2D eigenvalue weighted by Gasteiger charge is 2.09. The predicted octanol–water partition coefficient (Wildman–Crippen LogP) is 0.782. The molecule has 8 nitrogen and oxygen atoms in total. The number of anilines is 1. The lowest BCUT2D eigenvalue weighted by Crippen LogP contribution is -2.18. The van der Waals surface area contributed by atoms with E-state index in [4.69, 9.17) is 9.84 Å². The van der Waals surface area contributed by atoms with Crippen LogP contribution >= 0.6 is 0 Å². The number of ether oxygens (including phenoxy) is 1. The molecule has 0 unspecified atom stereocenters. The number of aliphatic hydroxyl groups excluding tert-OH is 1. The molecular weight excluding hydrogens is 348 g/mol. The fraction of sp³-hybridized carbons (Fsp3) is 0.263. The first-order valence-electron chi connectivity index (χ1n) is 8.24. The van der Waals surface area contributed by atoms with E-state index in [0.717, 1.165) is 5.56 Å². The van der Waals surface area contributed by atoms with Gasteiger partial charge in [0, 0.05) is 19.2 Å². The molecule has 140 valence electrons. The molecule has 8 heteroatoms. The molecule has 0 aliphatic rings. The van der Waals surface area contributed by atoms with E-state index in [1.165, 1.54) is 12.4 Å². The maximum atomic E-state index is 12.3. The Labute approximate surface area is 157 Å². The van der Waals surface area contributed by atoms with Gasteiger partial charge in [0.15, 0.2) is 6.61 Å². The average Bonchev–Trinajstić information content (AvgIpc) is 2.70. The van der Waals surface area contributed by atoms with Crippen molar-refractivity contribution in [3.05, 3.63) is 47.9 Å². The maximum absolute atomic E-state index is 12.3. The van der Waals surface area contributed by atoms with Crippen molar-refractivity contribution in [2.45, 2.75) is 12.8 Å². The minimum Gasteiger partial charge on any atom is -0.463 e. The van der Waals surface area contributed by atoms with Gasteiger partial charge < -0.3 is 20.5 Å². The molecule has 1 aromatic heterocycles. The zero-order valence-corrected chi connectivity index (χ0v) is 14.9. The Kier molecular flexibility index (Phi) is 7.75. The quantitative estimate of drug-likeness (QED) is 0.623. The molecule has 3 N–H and O–H groups in total. The first-order chi connectivity index (χ1) is 13.1. The van der Waals surface area contributed by atoms with E-state index >= 15 is 0 Å². The summed E-state index contributed by atoms with van der Waals surface area (Å²) in [6.45, 7) is -0.162. The van der Waals surface area contributed by atoms with Gasteiger partial charge in [-0.05, 0) is 24.1 Å². The molecule has 0 fully saturated rings.